The van der Waals surface area contributed by atoms with Gasteiger partial charge in [-0.3, -0.25) is 15.0 Å². The molecular weight excluding hydrogens is 773 g/mol. The second-order valence-corrected chi connectivity index (χ2v) is 11.3. The molecule has 8 rings (SSSR count). The maximum absolute atomic E-state index is 9.88. The van der Waals surface area contributed by atoms with Crippen LogP contribution in [0.5, 0.6) is 5.75 Å². The molecule has 0 atom stereocenters. The number of phenols is 1. The van der Waals surface area contributed by atoms with E-state index in [1.807, 2.05) is 98.2 Å². The Morgan fingerprint density at radius 1 is 0.625 bits per heavy atom. The molecule has 0 spiro atoms. The number of nitrogens with zero attached hydrogens (tertiary/aromatic N) is 4. The number of hydrogen-bond acceptors (Lipinski definition) is 6. The van der Waals surface area contributed by atoms with Gasteiger partial charge in [-0.05, 0) is 74.3 Å². The molecule has 48 heavy (non-hydrogen) atoms. The topological polar surface area (TPSA) is 84.9 Å². The summed E-state index contributed by atoms with van der Waals surface area (Å²) in [6.45, 7) is 6.08. The quantitative estimate of drug-likeness (QED) is 0.179. The van der Waals surface area contributed by atoms with Crippen molar-refractivity contribution in [3.63, 3.8) is 0 Å². The van der Waals surface area contributed by atoms with Gasteiger partial charge in [0.15, 0.2) is 0 Å². The van der Waals surface area contributed by atoms with Crippen LogP contribution in [0.4, 0.5) is 0 Å². The minimum absolute atomic E-state index is 0. The first-order chi connectivity index (χ1) is 22.9. The molecule has 3 aromatic carbocycles. The zero-order valence-electron chi connectivity index (χ0n) is 26.5. The van der Waals surface area contributed by atoms with Crippen LogP contribution in [0.3, 0.4) is 0 Å². The van der Waals surface area contributed by atoms with Crippen LogP contribution in [-0.4, -0.2) is 25.0 Å². The summed E-state index contributed by atoms with van der Waals surface area (Å²) in [6.07, 6.45) is 3.64. The van der Waals surface area contributed by atoms with Crippen molar-refractivity contribution in [1.29, 1.82) is 0 Å². The first kappa shape index (κ1) is 32.5. The molecule has 6 nitrogen and oxygen atoms in total. The molecule has 0 aliphatic carbocycles. The van der Waals surface area contributed by atoms with Crippen LogP contribution in [0.2, 0.25) is 0 Å². The Labute approximate surface area is 292 Å². The maximum Gasteiger partial charge on any atom is 0.218 e. The summed E-state index contributed by atoms with van der Waals surface area (Å²) < 4.78 is 6.17. The van der Waals surface area contributed by atoms with Crippen molar-refractivity contribution in [2.75, 3.05) is 0 Å². The molecule has 0 fully saturated rings. The zero-order chi connectivity index (χ0) is 32.3. The maximum atomic E-state index is 9.88. The number of aromatic nitrogens is 4. The van der Waals surface area contributed by atoms with Crippen LogP contribution >= 0.6 is 0 Å². The summed E-state index contributed by atoms with van der Waals surface area (Å²) >= 11 is 0. The van der Waals surface area contributed by atoms with E-state index in [2.05, 4.69) is 64.1 Å². The largest absolute Gasteiger partial charge is 0.507 e. The van der Waals surface area contributed by atoms with Gasteiger partial charge in [0.25, 0.3) is 0 Å². The second-order valence-electron chi connectivity index (χ2n) is 11.3. The third-order valence-corrected chi connectivity index (χ3v) is 7.79. The van der Waals surface area contributed by atoms with E-state index in [0.29, 0.717) is 5.71 Å². The molecule has 5 heterocycles. The fraction of sp³-hybridized carbons (Fsp3) is 0.0732. The first-order valence-electron chi connectivity index (χ1n) is 15.3. The summed E-state index contributed by atoms with van der Waals surface area (Å²) in [6, 6.07) is 41.6. The first-order valence-corrected chi connectivity index (χ1v) is 15.3. The number of pyridine rings is 4. The van der Waals surface area contributed by atoms with Crippen molar-refractivity contribution in [2.24, 2.45) is 0 Å². The Morgan fingerprint density at radius 2 is 1.35 bits per heavy atom. The van der Waals surface area contributed by atoms with Gasteiger partial charge in [-0.1, -0.05) is 58.7 Å². The number of aromatic hydroxyl groups is 1. The van der Waals surface area contributed by atoms with Crippen LogP contribution < -0.4 is 0 Å². The van der Waals surface area contributed by atoms with Crippen LogP contribution in [0.15, 0.2) is 126 Å². The minimum atomic E-state index is 0. The molecule has 0 aliphatic rings. The Morgan fingerprint density at radius 3 is 2.10 bits per heavy atom. The van der Waals surface area contributed by atoms with Gasteiger partial charge in [0.1, 0.15) is 5.75 Å². The third-order valence-electron chi connectivity index (χ3n) is 7.79. The molecule has 1 radical (unpaired) electrons. The Hall–Kier alpha value is -5.49. The van der Waals surface area contributed by atoms with E-state index in [-0.39, 0.29) is 25.9 Å². The fourth-order valence-electron chi connectivity index (χ4n) is 5.44. The third kappa shape index (κ3) is 6.79. The normalized spacial score (nSPS) is 10.7. The van der Waals surface area contributed by atoms with E-state index in [0.717, 1.165) is 78.2 Å². The minimum Gasteiger partial charge on any atom is -0.507 e. The van der Waals surface area contributed by atoms with E-state index in [4.69, 9.17) is 4.42 Å². The molecule has 1 N–H and O–H groups in total. The zero-order valence-corrected chi connectivity index (χ0v) is 28.9. The SMILES string of the molecule is Cc1ccnc(-c2[c-]c(-c3cc(C)ccn3)c3oc4nc(C)ccc4c3c2)c1.Oc1ccccc1-c1cccc(-c2[c-]cccc2)n1.[Ir]. The molecule has 0 aliphatic heterocycles. The number of fused-ring (bicyclic) bond motifs is 3. The van der Waals surface area contributed by atoms with Gasteiger partial charge in [-0.15, -0.1) is 48.0 Å². The van der Waals surface area contributed by atoms with Gasteiger partial charge in [-0.25, -0.2) is 4.98 Å². The number of benzene rings is 3. The van der Waals surface area contributed by atoms with Gasteiger partial charge in [0.2, 0.25) is 5.71 Å². The van der Waals surface area contributed by atoms with Gasteiger partial charge in [0, 0.05) is 60.5 Å². The fourth-order valence-corrected chi connectivity index (χ4v) is 5.44. The van der Waals surface area contributed by atoms with Crippen LogP contribution in [0.1, 0.15) is 16.8 Å². The van der Waals surface area contributed by atoms with Crippen molar-refractivity contribution in [2.45, 2.75) is 20.8 Å². The predicted octanol–water partition coefficient (Wildman–Crippen LogP) is 9.75. The number of rotatable bonds is 4. The summed E-state index contributed by atoms with van der Waals surface area (Å²) in [5.74, 6) is 0.240. The Bertz CT molecular complexity index is 2370. The van der Waals surface area contributed by atoms with E-state index >= 15 is 0 Å². The Kier molecular flexibility index (Phi) is 9.53. The predicted molar refractivity (Wildman–Crippen MR) is 187 cm³/mol. The molecule has 0 saturated heterocycles. The monoisotopic (exact) mass is 803 g/mol. The number of phenolic OH excluding ortho intramolecular Hbond substituents is 1. The molecule has 0 saturated carbocycles. The smallest absolute Gasteiger partial charge is 0.218 e. The average Bonchev–Trinajstić information content (AvgIpc) is 3.46. The molecule has 237 valence electrons. The molecule has 7 heteroatoms. The van der Waals surface area contributed by atoms with Gasteiger partial charge in [0.05, 0.1) is 11.3 Å². The molecule has 0 unspecified atom stereocenters. The molecule has 5 aromatic heterocycles. The summed E-state index contributed by atoms with van der Waals surface area (Å²) in [5, 5.41) is 11.9. The van der Waals surface area contributed by atoms with E-state index < -0.39 is 0 Å². The summed E-state index contributed by atoms with van der Waals surface area (Å²) in [4.78, 5) is 18.3. The Balaban J connectivity index is 0.000000176. The second kappa shape index (κ2) is 14.1. The van der Waals surface area contributed by atoms with E-state index in [9.17, 15) is 5.11 Å². The van der Waals surface area contributed by atoms with Gasteiger partial charge < -0.3 is 9.52 Å². The number of furan rings is 1. The molecule has 0 bridgehead atoms. The number of aryl methyl sites for hydroxylation is 3. The van der Waals surface area contributed by atoms with Gasteiger partial charge >= 0.3 is 0 Å². The van der Waals surface area contributed by atoms with Crippen molar-refractivity contribution >= 4 is 22.1 Å². The van der Waals surface area contributed by atoms with Crippen molar-refractivity contribution < 1.29 is 29.6 Å². The summed E-state index contributed by atoms with van der Waals surface area (Å²) in [5.41, 5.74) is 11.3. The van der Waals surface area contributed by atoms with Gasteiger partial charge in [-0.2, -0.15) is 0 Å². The van der Waals surface area contributed by atoms with Crippen LogP contribution in [-0.2, 0) is 20.1 Å². The van der Waals surface area contributed by atoms with E-state index in [1.54, 1.807) is 12.1 Å². The number of hydrogen-bond donors (Lipinski definition) is 1. The molecule has 8 aromatic rings. The summed E-state index contributed by atoms with van der Waals surface area (Å²) in [7, 11) is 0. The van der Waals surface area contributed by atoms with Crippen molar-refractivity contribution in [3.8, 4) is 50.8 Å². The van der Waals surface area contributed by atoms with Crippen molar-refractivity contribution in [3.05, 3.63) is 151 Å². The average molecular weight is 803 g/mol. The molecular formula is C41H30IrN4O2-2. The standard InChI is InChI=1S/C24H18N3O.C17H12NO.Ir/c1-14-6-8-25-21(10-14)17-12-19-18-5-4-16(3)27-24(18)28-23(19)20(13-17)22-11-15(2)7-9-26-22;19-17-12-5-4-9-14(17)16-11-6-10-15(18-16)13-7-2-1-3-8-13;/h4-12H,1-3H3;1-7,9-12,19H;/q2*-1;. The van der Waals surface area contributed by atoms with Crippen molar-refractivity contribution in [1.82, 2.24) is 19.9 Å². The van der Waals surface area contributed by atoms with Crippen LogP contribution in [0, 0.1) is 32.9 Å². The van der Waals surface area contributed by atoms with E-state index in [1.165, 1.54) is 0 Å². The molecule has 0 amide bonds. The number of para-hydroxylation sites is 1. The van der Waals surface area contributed by atoms with Crippen LogP contribution in [0.25, 0.3) is 67.1 Å².